The topological polar surface area (TPSA) is 92.4 Å². The molecule has 0 spiro atoms. The van der Waals surface area contributed by atoms with Gasteiger partial charge in [0.2, 0.25) is 5.91 Å². The van der Waals surface area contributed by atoms with Gasteiger partial charge in [0, 0.05) is 17.8 Å². The second kappa shape index (κ2) is 7.82. The van der Waals surface area contributed by atoms with Crippen molar-refractivity contribution in [3.8, 4) is 5.75 Å². The Morgan fingerprint density at radius 3 is 2.45 bits per heavy atom. The van der Waals surface area contributed by atoms with Crippen LogP contribution in [-0.4, -0.2) is 30.6 Å². The largest absolute Gasteiger partial charge is 0.506 e. The molecule has 2 N–H and O–H groups in total. The Labute approximate surface area is 177 Å². The minimum Gasteiger partial charge on any atom is -0.506 e. The number of phenols is 1. The van der Waals surface area contributed by atoms with Gasteiger partial charge in [-0.25, -0.2) is 9.50 Å². The summed E-state index contributed by atoms with van der Waals surface area (Å²) >= 11 is 0. The molecule has 0 aliphatic heterocycles. The number of carbonyl (C=O) groups is 1. The van der Waals surface area contributed by atoms with Crippen molar-refractivity contribution >= 4 is 17.4 Å². The quantitative estimate of drug-likeness (QED) is 0.595. The van der Waals surface area contributed by atoms with Crippen LogP contribution in [0.4, 0.5) is 18.9 Å². The molecule has 0 unspecified atom stereocenters. The summed E-state index contributed by atoms with van der Waals surface area (Å²) < 4.78 is 39.8. The minimum atomic E-state index is -4.67. The molecular weight excluding hydrogens is 411 g/mol. The molecule has 0 aliphatic rings. The van der Waals surface area contributed by atoms with Crippen LogP contribution in [0.25, 0.3) is 5.78 Å². The first kappa shape index (κ1) is 22.5. The van der Waals surface area contributed by atoms with E-state index in [0.717, 1.165) is 10.1 Å². The summed E-state index contributed by atoms with van der Waals surface area (Å²) in [6, 6.07) is 5.06. The van der Waals surface area contributed by atoms with Gasteiger partial charge in [-0.3, -0.25) is 4.79 Å². The first-order valence-corrected chi connectivity index (χ1v) is 9.71. The maximum absolute atomic E-state index is 12.9. The number of halogens is 3. The molecule has 7 nitrogen and oxygen atoms in total. The van der Waals surface area contributed by atoms with E-state index in [1.165, 1.54) is 6.07 Å². The highest BCUT2D eigenvalue weighted by molar-refractivity contribution is 5.92. The Balaban J connectivity index is 1.79. The number of benzene rings is 1. The number of aromatic hydroxyl groups is 1. The number of aromatic nitrogens is 4. The fourth-order valence-corrected chi connectivity index (χ4v) is 3.24. The van der Waals surface area contributed by atoms with E-state index in [1.807, 2.05) is 20.8 Å². The zero-order valence-corrected chi connectivity index (χ0v) is 17.9. The van der Waals surface area contributed by atoms with Gasteiger partial charge >= 0.3 is 6.18 Å². The molecule has 0 aliphatic carbocycles. The first-order valence-electron chi connectivity index (χ1n) is 9.71. The first-order chi connectivity index (χ1) is 14.3. The van der Waals surface area contributed by atoms with Gasteiger partial charge in [-0.2, -0.15) is 18.2 Å². The number of carbonyl (C=O) groups excluding carboxylic acids is 1. The predicted molar refractivity (Wildman–Crippen MR) is 109 cm³/mol. The number of hydrogen-bond donors (Lipinski definition) is 2. The number of rotatable bonds is 4. The number of aryl methyl sites for hydroxylation is 2. The minimum absolute atomic E-state index is 0.0425. The van der Waals surface area contributed by atoms with Crippen LogP contribution in [0.5, 0.6) is 5.75 Å². The molecule has 1 aromatic carbocycles. The highest BCUT2D eigenvalue weighted by Crippen LogP contribution is 2.31. The molecule has 3 rings (SSSR count). The summed E-state index contributed by atoms with van der Waals surface area (Å²) in [5.74, 6) is -1.78. The predicted octanol–water partition coefficient (Wildman–Crippen LogP) is 4.33. The maximum atomic E-state index is 12.9. The lowest BCUT2D eigenvalue weighted by Crippen LogP contribution is -2.16. The number of nitrogens with one attached hydrogen (secondary N) is 1. The second-order valence-corrected chi connectivity index (χ2v) is 8.44. The molecule has 0 saturated heterocycles. The summed E-state index contributed by atoms with van der Waals surface area (Å²) in [5, 5.41) is 16.3. The van der Waals surface area contributed by atoms with E-state index < -0.39 is 12.0 Å². The van der Waals surface area contributed by atoms with Crippen molar-refractivity contribution in [1.82, 2.24) is 19.6 Å². The maximum Gasteiger partial charge on any atom is 0.453 e. The molecule has 1 amide bonds. The Morgan fingerprint density at radius 1 is 1.16 bits per heavy atom. The van der Waals surface area contributed by atoms with E-state index in [0.29, 0.717) is 22.6 Å². The molecule has 166 valence electrons. The Morgan fingerprint density at radius 2 is 1.84 bits per heavy atom. The van der Waals surface area contributed by atoms with Gasteiger partial charge in [-0.15, -0.1) is 5.10 Å². The van der Waals surface area contributed by atoms with Crippen LogP contribution in [0.1, 0.15) is 55.5 Å². The number of phenolic OH excluding ortho intramolecular Hbond substituents is 1. The fourth-order valence-electron chi connectivity index (χ4n) is 3.24. The van der Waals surface area contributed by atoms with Crippen LogP contribution in [-0.2, 0) is 22.8 Å². The summed E-state index contributed by atoms with van der Waals surface area (Å²) in [6.07, 6.45) is -4.38. The second-order valence-electron chi connectivity index (χ2n) is 8.44. The van der Waals surface area contributed by atoms with Gasteiger partial charge in [0.1, 0.15) is 5.75 Å². The number of fused-ring (bicyclic) bond motifs is 1. The number of nitrogens with zero attached hydrogens (tertiary/aromatic N) is 4. The lowest BCUT2D eigenvalue weighted by Gasteiger charge is -2.20. The SMILES string of the molecule is Cc1nc2nc(C(F)(F)F)nn2c(C)c1CCC(=O)Nc1cc(C(C)(C)C)ccc1O. The zero-order valence-electron chi connectivity index (χ0n) is 17.9. The smallest absolute Gasteiger partial charge is 0.453 e. The number of amides is 1. The number of alkyl halides is 3. The normalized spacial score (nSPS) is 12.4. The highest BCUT2D eigenvalue weighted by atomic mass is 19.4. The van der Waals surface area contributed by atoms with E-state index in [9.17, 15) is 23.1 Å². The lowest BCUT2D eigenvalue weighted by atomic mass is 9.87. The van der Waals surface area contributed by atoms with Crippen LogP contribution < -0.4 is 5.32 Å². The summed E-state index contributed by atoms with van der Waals surface area (Å²) in [7, 11) is 0. The van der Waals surface area contributed by atoms with Gasteiger partial charge in [0.25, 0.3) is 11.6 Å². The standard InChI is InChI=1S/C21H24F3N5O2/c1-11-14(12(2)29-19(25-11)27-18(28-29)21(22,23)24)7-9-17(31)26-15-10-13(20(3,4)5)6-8-16(15)30/h6,8,10,30H,7,9H2,1-5H3,(H,26,31). The van der Waals surface area contributed by atoms with E-state index >= 15 is 0 Å². The van der Waals surface area contributed by atoms with Crippen molar-refractivity contribution in [1.29, 1.82) is 0 Å². The van der Waals surface area contributed by atoms with Gasteiger partial charge in [0.15, 0.2) is 0 Å². The van der Waals surface area contributed by atoms with Crippen LogP contribution >= 0.6 is 0 Å². The van der Waals surface area contributed by atoms with Gasteiger partial charge in [-0.1, -0.05) is 26.8 Å². The van der Waals surface area contributed by atoms with Crippen molar-refractivity contribution in [3.63, 3.8) is 0 Å². The van der Waals surface area contributed by atoms with Crippen molar-refractivity contribution in [2.24, 2.45) is 0 Å². The molecule has 0 bridgehead atoms. The lowest BCUT2D eigenvalue weighted by molar-refractivity contribution is -0.144. The molecule has 0 atom stereocenters. The van der Waals surface area contributed by atoms with E-state index in [2.05, 4.69) is 20.4 Å². The number of hydrogen-bond acceptors (Lipinski definition) is 5. The highest BCUT2D eigenvalue weighted by Gasteiger charge is 2.37. The Kier molecular flexibility index (Phi) is 5.68. The third-order valence-corrected chi connectivity index (χ3v) is 5.04. The molecule has 0 fully saturated rings. The molecular formula is C21H24F3N5O2. The van der Waals surface area contributed by atoms with E-state index in [1.54, 1.807) is 26.0 Å². The number of anilines is 1. The summed E-state index contributed by atoms with van der Waals surface area (Å²) in [4.78, 5) is 20.0. The van der Waals surface area contributed by atoms with Gasteiger partial charge in [0.05, 0.1) is 5.69 Å². The van der Waals surface area contributed by atoms with E-state index in [-0.39, 0.29) is 35.7 Å². The van der Waals surface area contributed by atoms with Crippen LogP contribution in [0, 0.1) is 13.8 Å². The van der Waals surface area contributed by atoms with E-state index in [4.69, 9.17) is 0 Å². The van der Waals surface area contributed by atoms with Crippen LogP contribution in [0.15, 0.2) is 18.2 Å². The molecule has 2 heterocycles. The summed E-state index contributed by atoms with van der Waals surface area (Å²) in [6.45, 7) is 9.33. The monoisotopic (exact) mass is 435 g/mol. The molecule has 0 radical (unpaired) electrons. The average Bonchev–Trinajstić information content (AvgIpc) is 3.07. The van der Waals surface area contributed by atoms with Crippen LogP contribution in [0.2, 0.25) is 0 Å². The van der Waals surface area contributed by atoms with Crippen LogP contribution in [0.3, 0.4) is 0 Å². The zero-order chi connectivity index (χ0) is 23.1. The van der Waals surface area contributed by atoms with Gasteiger partial charge < -0.3 is 10.4 Å². The third kappa shape index (κ3) is 4.78. The van der Waals surface area contributed by atoms with Crippen molar-refractivity contribution in [2.45, 2.75) is 59.1 Å². The molecule has 2 aromatic heterocycles. The van der Waals surface area contributed by atoms with Crippen molar-refractivity contribution < 1.29 is 23.1 Å². The third-order valence-electron chi connectivity index (χ3n) is 5.04. The molecule has 0 saturated carbocycles. The molecule has 31 heavy (non-hydrogen) atoms. The molecule has 10 heteroatoms. The van der Waals surface area contributed by atoms with Crippen molar-refractivity contribution in [3.05, 3.63) is 46.5 Å². The Hall–Kier alpha value is -3.17. The summed E-state index contributed by atoms with van der Waals surface area (Å²) in [5.41, 5.74) is 2.65. The van der Waals surface area contributed by atoms with Crippen molar-refractivity contribution in [2.75, 3.05) is 5.32 Å². The Bertz CT molecular complexity index is 1150. The fraction of sp³-hybridized carbons (Fsp3) is 0.429. The van der Waals surface area contributed by atoms with Gasteiger partial charge in [-0.05, 0) is 48.9 Å². The average molecular weight is 435 g/mol. The molecule has 3 aromatic rings.